The maximum atomic E-state index is 11.7. The van der Waals surface area contributed by atoms with Crippen molar-refractivity contribution in [3.05, 3.63) is 0 Å². The van der Waals surface area contributed by atoms with E-state index in [9.17, 15) is 4.79 Å². The predicted molar refractivity (Wildman–Crippen MR) is 63.7 cm³/mol. The zero-order valence-electron chi connectivity index (χ0n) is 10.7. The lowest BCUT2D eigenvalue weighted by molar-refractivity contribution is -0.149. The lowest BCUT2D eigenvalue weighted by Crippen LogP contribution is -2.19. The van der Waals surface area contributed by atoms with Gasteiger partial charge in [0.25, 0.3) is 0 Å². The molecule has 0 bridgehead atoms. The van der Waals surface area contributed by atoms with Gasteiger partial charge in [-0.1, -0.05) is 40.5 Å². The highest BCUT2D eigenvalue weighted by molar-refractivity contribution is 5.72. The van der Waals surface area contributed by atoms with Crippen LogP contribution in [0.3, 0.4) is 0 Å². The van der Waals surface area contributed by atoms with Crippen molar-refractivity contribution in [2.75, 3.05) is 6.61 Å². The molecule has 0 fully saturated rings. The van der Waals surface area contributed by atoms with Crippen LogP contribution in [0.2, 0.25) is 0 Å². The van der Waals surface area contributed by atoms with Gasteiger partial charge in [0.05, 0.1) is 12.5 Å². The molecule has 0 saturated carbocycles. The van der Waals surface area contributed by atoms with Crippen molar-refractivity contribution in [2.24, 2.45) is 11.8 Å². The number of hydrogen-bond acceptors (Lipinski definition) is 2. The highest BCUT2D eigenvalue weighted by Crippen LogP contribution is 2.16. The average Bonchev–Trinajstić information content (AvgIpc) is 2.20. The Bertz CT molecular complexity index is 164. The molecule has 0 rings (SSSR count). The molecule has 0 aliphatic rings. The van der Waals surface area contributed by atoms with Gasteiger partial charge in [0.2, 0.25) is 0 Å². The van der Waals surface area contributed by atoms with Crippen LogP contribution >= 0.6 is 0 Å². The third kappa shape index (κ3) is 7.40. The average molecular weight is 214 g/mol. The van der Waals surface area contributed by atoms with Crippen LogP contribution in [0.5, 0.6) is 0 Å². The minimum atomic E-state index is 0.00213. The number of carbonyl (C=O) groups excluding carboxylic acids is 1. The Morgan fingerprint density at radius 3 is 2.33 bits per heavy atom. The molecule has 2 heteroatoms. The molecule has 0 N–H and O–H groups in total. The molecule has 0 amide bonds. The molecule has 90 valence electrons. The zero-order chi connectivity index (χ0) is 11.7. The van der Waals surface area contributed by atoms with E-state index in [2.05, 4.69) is 27.7 Å². The van der Waals surface area contributed by atoms with Crippen LogP contribution in [0.25, 0.3) is 0 Å². The molecule has 0 aliphatic carbocycles. The summed E-state index contributed by atoms with van der Waals surface area (Å²) in [5.74, 6) is 0.673. The summed E-state index contributed by atoms with van der Waals surface area (Å²) < 4.78 is 5.26. The predicted octanol–water partition coefficient (Wildman–Crippen LogP) is 3.79. The molecule has 0 unspecified atom stereocenters. The number of ether oxygens (including phenoxy) is 1. The maximum Gasteiger partial charge on any atom is 0.308 e. The van der Waals surface area contributed by atoms with Gasteiger partial charge in [-0.2, -0.15) is 0 Å². The molecule has 0 heterocycles. The summed E-state index contributed by atoms with van der Waals surface area (Å²) in [5, 5.41) is 0. The van der Waals surface area contributed by atoms with Crippen molar-refractivity contribution < 1.29 is 9.53 Å². The minimum Gasteiger partial charge on any atom is -0.465 e. The standard InChI is InChI=1S/C13H26O2/c1-5-7-8-9-15-13(14)12(6-2)10-11(3)4/h11-12H,5-10H2,1-4H3/t12-/m0/s1. The van der Waals surface area contributed by atoms with Crippen LogP contribution in [-0.4, -0.2) is 12.6 Å². The largest absolute Gasteiger partial charge is 0.465 e. The summed E-state index contributed by atoms with van der Waals surface area (Å²) in [6, 6.07) is 0. The zero-order valence-corrected chi connectivity index (χ0v) is 10.7. The fraction of sp³-hybridized carbons (Fsp3) is 0.923. The molecular formula is C13H26O2. The third-order valence-corrected chi connectivity index (χ3v) is 2.57. The van der Waals surface area contributed by atoms with Crippen LogP contribution < -0.4 is 0 Å². The first-order valence-electron chi connectivity index (χ1n) is 6.28. The van der Waals surface area contributed by atoms with Crippen molar-refractivity contribution >= 4 is 5.97 Å². The highest BCUT2D eigenvalue weighted by atomic mass is 16.5. The van der Waals surface area contributed by atoms with E-state index in [0.717, 1.165) is 25.7 Å². The van der Waals surface area contributed by atoms with Crippen molar-refractivity contribution in [1.82, 2.24) is 0 Å². The summed E-state index contributed by atoms with van der Waals surface area (Å²) in [6.07, 6.45) is 5.16. The smallest absolute Gasteiger partial charge is 0.308 e. The Balaban J connectivity index is 3.73. The monoisotopic (exact) mass is 214 g/mol. The van der Waals surface area contributed by atoms with Gasteiger partial charge in [0, 0.05) is 0 Å². The van der Waals surface area contributed by atoms with Gasteiger partial charge < -0.3 is 4.74 Å². The first-order valence-corrected chi connectivity index (χ1v) is 6.28. The molecule has 0 saturated heterocycles. The Labute approximate surface area is 94.4 Å². The van der Waals surface area contributed by atoms with E-state index in [1.54, 1.807) is 0 Å². The highest BCUT2D eigenvalue weighted by Gasteiger charge is 2.18. The molecular weight excluding hydrogens is 188 g/mol. The van der Waals surface area contributed by atoms with Crippen LogP contribution in [0.4, 0.5) is 0 Å². The van der Waals surface area contributed by atoms with E-state index >= 15 is 0 Å². The Morgan fingerprint density at radius 1 is 1.20 bits per heavy atom. The summed E-state index contributed by atoms with van der Waals surface area (Å²) in [5.41, 5.74) is 0. The third-order valence-electron chi connectivity index (χ3n) is 2.57. The van der Waals surface area contributed by atoms with E-state index in [-0.39, 0.29) is 11.9 Å². The van der Waals surface area contributed by atoms with Crippen molar-refractivity contribution in [3.63, 3.8) is 0 Å². The van der Waals surface area contributed by atoms with Crippen molar-refractivity contribution in [1.29, 1.82) is 0 Å². The van der Waals surface area contributed by atoms with Crippen molar-refractivity contribution in [3.8, 4) is 0 Å². The Morgan fingerprint density at radius 2 is 1.87 bits per heavy atom. The quantitative estimate of drug-likeness (QED) is 0.454. The summed E-state index contributed by atoms with van der Waals surface area (Å²) >= 11 is 0. The van der Waals surface area contributed by atoms with Crippen molar-refractivity contribution in [2.45, 2.75) is 59.8 Å². The van der Waals surface area contributed by atoms with E-state index < -0.39 is 0 Å². The topological polar surface area (TPSA) is 26.3 Å². The summed E-state index contributed by atoms with van der Waals surface area (Å²) in [7, 11) is 0. The molecule has 0 aromatic heterocycles. The second-order valence-electron chi connectivity index (χ2n) is 4.61. The minimum absolute atomic E-state index is 0.00213. The number of unbranched alkanes of at least 4 members (excludes halogenated alkanes) is 2. The summed E-state index contributed by atoms with van der Waals surface area (Å²) in [6.45, 7) is 9.09. The first kappa shape index (κ1) is 14.5. The SMILES string of the molecule is CCCCCOC(=O)[C@@H](CC)CC(C)C. The molecule has 2 nitrogen and oxygen atoms in total. The molecule has 0 radical (unpaired) electrons. The van der Waals surface area contributed by atoms with Gasteiger partial charge in [-0.3, -0.25) is 4.79 Å². The number of carbonyl (C=O) groups is 1. The Kier molecular flexibility index (Phi) is 8.44. The fourth-order valence-electron chi connectivity index (χ4n) is 1.64. The van der Waals surface area contributed by atoms with Gasteiger partial charge in [-0.05, 0) is 25.2 Å². The lowest BCUT2D eigenvalue weighted by atomic mass is 9.95. The van der Waals surface area contributed by atoms with Gasteiger partial charge in [0.1, 0.15) is 0 Å². The first-order chi connectivity index (χ1) is 7.11. The molecule has 1 atom stereocenters. The maximum absolute atomic E-state index is 11.7. The fourth-order valence-corrected chi connectivity index (χ4v) is 1.64. The molecule has 0 aliphatic heterocycles. The van der Waals surface area contributed by atoms with E-state index in [1.165, 1.54) is 6.42 Å². The van der Waals surface area contributed by atoms with Gasteiger partial charge in [-0.15, -0.1) is 0 Å². The number of rotatable bonds is 8. The van der Waals surface area contributed by atoms with Crippen LogP contribution in [0.1, 0.15) is 59.8 Å². The van der Waals surface area contributed by atoms with E-state index in [1.807, 2.05) is 0 Å². The van der Waals surface area contributed by atoms with Gasteiger partial charge >= 0.3 is 5.97 Å². The Hall–Kier alpha value is -0.530. The molecule has 0 spiro atoms. The summed E-state index contributed by atoms with van der Waals surface area (Å²) in [4.78, 5) is 11.7. The van der Waals surface area contributed by atoms with Crippen LogP contribution in [0.15, 0.2) is 0 Å². The molecule has 0 aromatic rings. The van der Waals surface area contributed by atoms with Gasteiger partial charge in [-0.25, -0.2) is 0 Å². The molecule has 15 heavy (non-hydrogen) atoms. The van der Waals surface area contributed by atoms with Crippen LogP contribution in [0, 0.1) is 11.8 Å². The lowest BCUT2D eigenvalue weighted by Gasteiger charge is -2.15. The molecule has 0 aromatic carbocycles. The second kappa shape index (κ2) is 8.75. The number of hydrogen-bond donors (Lipinski definition) is 0. The van der Waals surface area contributed by atoms with Crippen LogP contribution in [-0.2, 0) is 9.53 Å². The number of esters is 1. The van der Waals surface area contributed by atoms with E-state index in [0.29, 0.717) is 12.5 Å². The normalized spacial score (nSPS) is 12.9. The van der Waals surface area contributed by atoms with E-state index in [4.69, 9.17) is 4.74 Å². The van der Waals surface area contributed by atoms with Gasteiger partial charge in [0.15, 0.2) is 0 Å². The second-order valence-corrected chi connectivity index (χ2v) is 4.61.